The topological polar surface area (TPSA) is 104 Å². The fourth-order valence-electron chi connectivity index (χ4n) is 2.27. The predicted octanol–water partition coefficient (Wildman–Crippen LogP) is 0.795. The minimum absolute atomic E-state index is 0.0454. The summed E-state index contributed by atoms with van der Waals surface area (Å²) < 4.78 is 25.7. The van der Waals surface area contributed by atoms with E-state index in [2.05, 4.69) is 4.72 Å². The van der Waals surface area contributed by atoms with Gasteiger partial charge in [-0.25, -0.2) is 13.1 Å². The lowest BCUT2D eigenvalue weighted by atomic mass is 10.1. The molecule has 0 aromatic heterocycles. The van der Waals surface area contributed by atoms with Gasteiger partial charge in [0.25, 0.3) is 5.91 Å². The van der Waals surface area contributed by atoms with Gasteiger partial charge in [-0.05, 0) is 31.7 Å². The number of rotatable bonds is 4. The molecule has 22 heavy (non-hydrogen) atoms. The highest BCUT2D eigenvalue weighted by Gasteiger charge is 2.32. The van der Waals surface area contributed by atoms with Crippen LogP contribution in [0.5, 0.6) is 0 Å². The van der Waals surface area contributed by atoms with Crippen LogP contribution in [0.4, 0.5) is 0 Å². The zero-order valence-corrected chi connectivity index (χ0v) is 13.3. The summed E-state index contributed by atoms with van der Waals surface area (Å²) in [6, 6.07) is 3.84. The molecule has 7 nitrogen and oxygen atoms in total. The first-order valence-corrected chi connectivity index (χ1v) is 8.37. The molecule has 120 valence electrons. The molecule has 1 amide bonds. The number of aliphatic carboxylic acids is 1. The second-order valence-electron chi connectivity index (χ2n) is 4.92. The summed E-state index contributed by atoms with van der Waals surface area (Å²) in [5.74, 6) is -2.03. The lowest BCUT2D eigenvalue weighted by molar-refractivity contribution is -0.141. The lowest BCUT2D eigenvalue weighted by Crippen LogP contribution is -2.30. The van der Waals surface area contributed by atoms with Crippen LogP contribution in [-0.2, 0) is 14.8 Å². The first kappa shape index (κ1) is 16.7. The van der Waals surface area contributed by atoms with Gasteiger partial charge in [0, 0.05) is 13.1 Å². The van der Waals surface area contributed by atoms with Crippen molar-refractivity contribution >= 4 is 33.5 Å². The van der Waals surface area contributed by atoms with Crippen LogP contribution in [-0.4, -0.2) is 50.4 Å². The molecule has 0 radical (unpaired) electrons. The van der Waals surface area contributed by atoms with E-state index in [9.17, 15) is 18.0 Å². The van der Waals surface area contributed by atoms with Crippen molar-refractivity contribution in [3.63, 3.8) is 0 Å². The maximum absolute atomic E-state index is 12.4. The number of benzene rings is 1. The van der Waals surface area contributed by atoms with E-state index in [1.165, 1.54) is 30.1 Å². The Morgan fingerprint density at radius 1 is 1.41 bits per heavy atom. The van der Waals surface area contributed by atoms with Gasteiger partial charge in [-0.15, -0.1) is 0 Å². The van der Waals surface area contributed by atoms with Crippen molar-refractivity contribution in [2.45, 2.75) is 11.3 Å². The van der Waals surface area contributed by atoms with Crippen molar-refractivity contribution in [3.8, 4) is 0 Å². The third-order valence-corrected chi connectivity index (χ3v) is 5.31. The number of sulfonamides is 1. The maximum Gasteiger partial charge on any atom is 0.308 e. The van der Waals surface area contributed by atoms with Gasteiger partial charge in [0.1, 0.15) is 0 Å². The number of carbonyl (C=O) groups is 2. The van der Waals surface area contributed by atoms with Crippen LogP contribution < -0.4 is 4.72 Å². The number of likely N-dealkylation sites (tertiary alicyclic amines) is 1. The van der Waals surface area contributed by atoms with Crippen LogP contribution in [0.1, 0.15) is 16.8 Å². The molecule has 1 aromatic rings. The van der Waals surface area contributed by atoms with E-state index in [-0.39, 0.29) is 22.0 Å². The maximum atomic E-state index is 12.4. The Hall–Kier alpha value is -1.64. The van der Waals surface area contributed by atoms with E-state index in [1.807, 2.05) is 0 Å². The molecule has 1 aliphatic rings. The van der Waals surface area contributed by atoms with Crippen molar-refractivity contribution in [2.75, 3.05) is 20.1 Å². The lowest BCUT2D eigenvalue weighted by Gasteiger charge is -2.17. The van der Waals surface area contributed by atoms with E-state index in [4.69, 9.17) is 16.7 Å². The normalized spacial score (nSPS) is 18.5. The first-order chi connectivity index (χ1) is 10.3. The Balaban J connectivity index is 2.31. The predicted molar refractivity (Wildman–Crippen MR) is 79.3 cm³/mol. The molecule has 2 N–H and O–H groups in total. The van der Waals surface area contributed by atoms with E-state index >= 15 is 0 Å². The molecule has 1 saturated heterocycles. The van der Waals surface area contributed by atoms with Crippen LogP contribution in [0.25, 0.3) is 0 Å². The molecule has 0 bridgehead atoms. The van der Waals surface area contributed by atoms with Gasteiger partial charge < -0.3 is 10.0 Å². The molecule has 1 heterocycles. The van der Waals surface area contributed by atoms with Gasteiger partial charge >= 0.3 is 5.97 Å². The number of amides is 1. The fraction of sp³-hybridized carbons (Fsp3) is 0.385. The van der Waals surface area contributed by atoms with Crippen molar-refractivity contribution in [1.29, 1.82) is 0 Å². The summed E-state index contributed by atoms with van der Waals surface area (Å²) in [4.78, 5) is 24.7. The van der Waals surface area contributed by atoms with E-state index in [0.29, 0.717) is 13.0 Å². The third kappa shape index (κ3) is 3.23. The number of nitrogens with zero attached hydrogens (tertiary/aromatic N) is 1. The van der Waals surface area contributed by atoms with E-state index in [1.54, 1.807) is 0 Å². The molecule has 1 aromatic carbocycles. The number of carboxylic acids is 1. The molecule has 1 fully saturated rings. The van der Waals surface area contributed by atoms with Gasteiger partial charge in [0.05, 0.1) is 21.4 Å². The average Bonchev–Trinajstić information content (AvgIpc) is 2.97. The van der Waals surface area contributed by atoms with Gasteiger partial charge in [-0.2, -0.15) is 0 Å². The number of hydrogen-bond acceptors (Lipinski definition) is 4. The molecular formula is C13H15ClN2O5S. The first-order valence-electron chi connectivity index (χ1n) is 6.51. The van der Waals surface area contributed by atoms with Crippen LogP contribution in [0.15, 0.2) is 23.1 Å². The summed E-state index contributed by atoms with van der Waals surface area (Å²) in [6.45, 7) is 0.392. The average molecular weight is 347 g/mol. The quantitative estimate of drug-likeness (QED) is 0.839. The summed E-state index contributed by atoms with van der Waals surface area (Å²) >= 11 is 5.98. The Labute approximate surface area is 132 Å². The SMILES string of the molecule is CNS(=O)(=O)c1ccc(Cl)c(C(=O)N2CC[C@H](C(=O)O)C2)c1. The highest BCUT2D eigenvalue weighted by atomic mass is 35.5. The van der Waals surface area contributed by atoms with Crippen LogP contribution in [0.2, 0.25) is 5.02 Å². The molecular weight excluding hydrogens is 332 g/mol. The van der Waals surface area contributed by atoms with Gasteiger partial charge in [-0.3, -0.25) is 9.59 Å². The molecule has 0 spiro atoms. The second-order valence-corrected chi connectivity index (χ2v) is 7.22. The molecule has 0 unspecified atom stereocenters. The third-order valence-electron chi connectivity index (χ3n) is 3.57. The van der Waals surface area contributed by atoms with Crippen molar-refractivity contribution in [3.05, 3.63) is 28.8 Å². The Kier molecular flexibility index (Phi) is 4.74. The Bertz CT molecular complexity index is 719. The molecule has 0 aliphatic carbocycles. The van der Waals surface area contributed by atoms with Crippen LogP contribution in [0, 0.1) is 5.92 Å². The summed E-state index contributed by atoms with van der Waals surface area (Å²) in [5.41, 5.74) is 0.0454. The molecule has 2 rings (SSSR count). The highest BCUT2D eigenvalue weighted by molar-refractivity contribution is 7.89. The zero-order valence-electron chi connectivity index (χ0n) is 11.7. The minimum atomic E-state index is -3.69. The second kappa shape index (κ2) is 6.23. The van der Waals surface area contributed by atoms with E-state index in [0.717, 1.165) is 0 Å². The summed E-state index contributed by atoms with van der Waals surface area (Å²) in [5, 5.41) is 9.09. The number of halogens is 1. The number of carboxylic acid groups (broad SMARTS) is 1. The largest absolute Gasteiger partial charge is 0.481 e. The van der Waals surface area contributed by atoms with Crippen molar-refractivity contribution < 1.29 is 23.1 Å². The smallest absolute Gasteiger partial charge is 0.308 e. The van der Waals surface area contributed by atoms with Gasteiger partial charge in [0.2, 0.25) is 10.0 Å². The van der Waals surface area contributed by atoms with Gasteiger partial charge in [-0.1, -0.05) is 11.6 Å². The van der Waals surface area contributed by atoms with E-state index < -0.39 is 27.8 Å². The standard InChI is InChI=1S/C13H15ClN2O5S/c1-15-22(20,21)9-2-3-11(14)10(6-9)12(17)16-5-4-8(7-16)13(18)19/h2-3,6,8,15H,4-5,7H2,1H3,(H,18,19)/t8-/m0/s1. The number of carbonyl (C=O) groups excluding carboxylic acids is 1. The molecule has 1 atom stereocenters. The van der Waals surface area contributed by atoms with Crippen LogP contribution >= 0.6 is 11.6 Å². The van der Waals surface area contributed by atoms with Crippen molar-refractivity contribution in [1.82, 2.24) is 9.62 Å². The zero-order chi connectivity index (χ0) is 16.5. The van der Waals surface area contributed by atoms with Gasteiger partial charge in [0.15, 0.2) is 0 Å². The Morgan fingerprint density at radius 3 is 2.64 bits per heavy atom. The molecule has 1 aliphatic heterocycles. The monoisotopic (exact) mass is 346 g/mol. The summed E-state index contributed by atoms with van der Waals surface area (Å²) in [7, 11) is -2.42. The molecule has 9 heteroatoms. The number of hydrogen-bond donors (Lipinski definition) is 2. The number of nitrogens with one attached hydrogen (secondary N) is 1. The minimum Gasteiger partial charge on any atom is -0.481 e. The van der Waals surface area contributed by atoms with Crippen molar-refractivity contribution in [2.24, 2.45) is 5.92 Å². The summed E-state index contributed by atoms with van der Waals surface area (Å²) in [6.07, 6.45) is 0.368. The molecule has 0 saturated carbocycles. The fourth-order valence-corrected chi connectivity index (χ4v) is 3.22. The Morgan fingerprint density at radius 2 is 2.09 bits per heavy atom. The van der Waals surface area contributed by atoms with Crippen LogP contribution in [0.3, 0.4) is 0 Å². The highest BCUT2D eigenvalue weighted by Crippen LogP contribution is 2.25.